The van der Waals surface area contributed by atoms with Gasteiger partial charge in [0, 0.05) is 17.8 Å². The maximum atomic E-state index is 10.2. The molecule has 0 fully saturated rings. The number of hydrogen-bond acceptors (Lipinski definition) is 2. The number of halogens is 2. The maximum Gasteiger partial charge on any atom is 0.303 e. The quantitative estimate of drug-likeness (QED) is 0.803. The fourth-order valence-corrected chi connectivity index (χ4v) is 1.36. The summed E-state index contributed by atoms with van der Waals surface area (Å²) in [5.74, 6) is -0.725. The highest BCUT2D eigenvalue weighted by Crippen LogP contribution is 2.12. The normalized spacial score (nSPS) is 8.47. The molecule has 0 aliphatic heterocycles. The van der Waals surface area contributed by atoms with Gasteiger partial charge in [0.1, 0.15) is 0 Å². The van der Waals surface area contributed by atoms with Crippen LogP contribution in [0.1, 0.15) is 39.2 Å². The molecule has 0 aliphatic carbocycles. The van der Waals surface area contributed by atoms with Crippen molar-refractivity contribution in [3.05, 3.63) is 34.3 Å². The number of carbonyl (C=O) groups excluding carboxylic acids is 1. The van der Waals surface area contributed by atoms with Gasteiger partial charge in [-0.25, -0.2) is 0 Å². The van der Waals surface area contributed by atoms with E-state index < -0.39 is 5.97 Å². The number of aryl methyl sites for hydroxylation is 1. The summed E-state index contributed by atoms with van der Waals surface area (Å²) in [7, 11) is 0. The Morgan fingerprint density at radius 3 is 2.00 bits per heavy atom. The predicted octanol–water partition coefficient (Wildman–Crippen LogP) is 4.65. The molecule has 3 nitrogen and oxygen atoms in total. The molecule has 0 aromatic heterocycles. The van der Waals surface area contributed by atoms with Gasteiger partial charge in [-0.1, -0.05) is 41.9 Å². The summed E-state index contributed by atoms with van der Waals surface area (Å²) in [6, 6.07) is 7.95. The molecule has 0 aliphatic rings. The number of rotatable bonds is 4. The molecule has 108 valence electrons. The van der Waals surface area contributed by atoms with Crippen molar-refractivity contribution in [2.24, 2.45) is 0 Å². The second kappa shape index (κ2) is 13.6. The molecular weight excluding hydrogens is 332 g/mol. The van der Waals surface area contributed by atoms with Crippen molar-refractivity contribution >= 4 is 38.7 Å². The second-order valence-electron chi connectivity index (χ2n) is 3.34. The van der Waals surface area contributed by atoms with Crippen LogP contribution in [0.25, 0.3) is 0 Å². The van der Waals surface area contributed by atoms with Crippen LogP contribution in [0.2, 0.25) is 0 Å². The van der Waals surface area contributed by atoms with Gasteiger partial charge in [0.05, 0.1) is 0 Å². The molecule has 1 aromatic carbocycles. The van der Waals surface area contributed by atoms with Crippen LogP contribution in [0.3, 0.4) is 0 Å². The van der Waals surface area contributed by atoms with Crippen LogP contribution in [-0.2, 0) is 16.0 Å². The van der Waals surface area contributed by atoms with Gasteiger partial charge in [0.25, 0.3) is 0 Å². The van der Waals surface area contributed by atoms with Gasteiger partial charge in [-0.3, -0.25) is 9.59 Å². The van der Waals surface area contributed by atoms with Crippen LogP contribution in [0, 0.1) is 0 Å². The van der Waals surface area contributed by atoms with E-state index in [0.29, 0.717) is 6.42 Å². The van der Waals surface area contributed by atoms with Gasteiger partial charge in [0.2, 0.25) is 5.24 Å². The number of aliphatic carboxylic acids is 1. The van der Waals surface area contributed by atoms with E-state index in [1.165, 1.54) is 12.5 Å². The number of carboxylic acid groups (broad SMARTS) is 1. The van der Waals surface area contributed by atoms with Gasteiger partial charge >= 0.3 is 5.97 Å². The van der Waals surface area contributed by atoms with E-state index in [4.69, 9.17) is 5.11 Å². The highest BCUT2D eigenvalue weighted by molar-refractivity contribution is 9.10. The zero-order valence-electron chi connectivity index (χ0n) is 11.5. The van der Waals surface area contributed by atoms with Crippen molar-refractivity contribution in [1.29, 1.82) is 0 Å². The van der Waals surface area contributed by atoms with Crippen molar-refractivity contribution in [3.8, 4) is 0 Å². The minimum atomic E-state index is -0.725. The third-order valence-corrected chi connectivity index (χ3v) is 2.30. The topological polar surface area (TPSA) is 54.4 Å². The molecule has 1 rings (SSSR count). The highest BCUT2D eigenvalue weighted by Gasteiger charge is 1.97. The lowest BCUT2D eigenvalue weighted by Gasteiger charge is -1.99. The molecule has 0 spiro atoms. The van der Waals surface area contributed by atoms with Gasteiger partial charge < -0.3 is 5.11 Å². The minimum Gasteiger partial charge on any atom is -0.481 e. The first-order valence-electron chi connectivity index (χ1n) is 6.04. The Hall–Kier alpha value is -0.870. The van der Waals surface area contributed by atoms with Crippen LogP contribution in [0.15, 0.2) is 28.7 Å². The molecule has 0 radical (unpaired) electrons. The average molecular weight is 352 g/mol. The molecule has 0 unspecified atom stereocenters. The Bertz CT molecular complexity index is 359. The fourth-order valence-electron chi connectivity index (χ4n) is 1.09. The molecule has 0 amide bonds. The fraction of sp³-hybridized carbons (Fsp3) is 0.429. The van der Waals surface area contributed by atoms with Crippen molar-refractivity contribution in [3.63, 3.8) is 0 Å². The minimum absolute atomic E-state index is 0.246. The second-order valence-corrected chi connectivity index (χ2v) is 4.79. The number of benzene rings is 1. The molecule has 0 bridgehead atoms. The van der Waals surface area contributed by atoms with E-state index in [2.05, 4.69) is 27.5 Å². The average Bonchev–Trinajstić information content (AvgIpc) is 2.33. The Morgan fingerprint density at radius 1 is 1.21 bits per heavy atom. The zero-order chi connectivity index (χ0) is 15.3. The molecule has 0 atom stereocenters. The summed E-state index contributed by atoms with van der Waals surface area (Å²) in [6.07, 6.45) is 1.78. The molecule has 0 saturated heterocycles. The smallest absolute Gasteiger partial charge is 0.303 e. The maximum absolute atomic E-state index is 10.2. The van der Waals surface area contributed by atoms with E-state index in [9.17, 15) is 9.59 Å². The summed E-state index contributed by atoms with van der Waals surface area (Å²) in [4.78, 5) is 19.4. The third-order valence-electron chi connectivity index (χ3n) is 1.77. The summed E-state index contributed by atoms with van der Waals surface area (Å²) in [5.41, 5.74) is 1.18. The Labute approximate surface area is 128 Å². The lowest BCUT2D eigenvalue weighted by atomic mass is 10.1. The van der Waals surface area contributed by atoms with E-state index in [0.717, 1.165) is 10.9 Å². The Morgan fingerprint density at radius 2 is 1.63 bits per heavy atom. The van der Waals surface area contributed by atoms with Crippen molar-refractivity contribution in [2.75, 3.05) is 0 Å². The highest BCUT2D eigenvalue weighted by atomic mass is 79.9. The first-order chi connectivity index (χ1) is 8.91. The number of carboxylic acids is 1. The summed E-state index contributed by atoms with van der Waals surface area (Å²) in [5, 5.41) is 8.07. The van der Waals surface area contributed by atoms with Crippen molar-refractivity contribution < 1.29 is 14.7 Å². The van der Waals surface area contributed by atoms with Crippen LogP contribution >= 0.6 is 27.5 Å². The molecule has 5 heteroatoms. The van der Waals surface area contributed by atoms with E-state index >= 15 is 0 Å². The first kappa shape index (κ1) is 20.4. The van der Waals surface area contributed by atoms with Crippen molar-refractivity contribution in [2.45, 2.75) is 40.0 Å². The molecular formula is C14H20BrClO3. The van der Waals surface area contributed by atoms with Gasteiger partial charge in [-0.05, 0) is 42.1 Å². The van der Waals surface area contributed by atoms with Crippen LogP contribution in [-0.4, -0.2) is 16.3 Å². The number of carbonyl (C=O) groups is 2. The Balaban J connectivity index is 0. The molecule has 19 heavy (non-hydrogen) atoms. The van der Waals surface area contributed by atoms with Crippen LogP contribution in [0.4, 0.5) is 0 Å². The van der Waals surface area contributed by atoms with Gasteiger partial charge in [-0.2, -0.15) is 0 Å². The van der Waals surface area contributed by atoms with Gasteiger partial charge in [-0.15, -0.1) is 0 Å². The molecule has 0 heterocycles. The van der Waals surface area contributed by atoms with Crippen LogP contribution in [0.5, 0.6) is 0 Å². The van der Waals surface area contributed by atoms with Gasteiger partial charge in [0.15, 0.2) is 0 Å². The van der Waals surface area contributed by atoms with Crippen LogP contribution < -0.4 is 0 Å². The summed E-state index contributed by atoms with van der Waals surface area (Å²) >= 11 is 7.98. The lowest BCUT2D eigenvalue weighted by Crippen LogP contribution is -1.95. The summed E-state index contributed by atoms with van der Waals surface area (Å²) < 4.78 is 1.05. The largest absolute Gasteiger partial charge is 0.481 e. The first-order valence-corrected chi connectivity index (χ1v) is 7.21. The monoisotopic (exact) mass is 350 g/mol. The SMILES string of the molecule is CC.CC(=O)Cl.O=C(O)CCCc1ccc(Br)cc1. The van der Waals surface area contributed by atoms with E-state index in [1.807, 2.05) is 38.1 Å². The number of hydrogen-bond donors (Lipinski definition) is 1. The Kier molecular flexibility index (Phi) is 14.6. The molecule has 1 aromatic rings. The lowest BCUT2D eigenvalue weighted by molar-refractivity contribution is -0.137. The molecule has 1 N–H and O–H groups in total. The van der Waals surface area contributed by atoms with E-state index in [1.54, 1.807) is 0 Å². The zero-order valence-corrected chi connectivity index (χ0v) is 13.8. The van der Waals surface area contributed by atoms with Crippen molar-refractivity contribution in [1.82, 2.24) is 0 Å². The third kappa shape index (κ3) is 17.1. The summed E-state index contributed by atoms with van der Waals surface area (Å²) in [6.45, 7) is 5.29. The molecule has 0 saturated carbocycles. The standard InChI is InChI=1S/C10H11BrO2.C2H3ClO.C2H6/c11-9-6-4-8(5-7-9)2-1-3-10(12)13;1-2(3)4;1-2/h4-7H,1-3H2,(H,12,13);1H3;1-2H3. The van der Waals surface area contributed by atoms with E-state index in [-0.39, 0.29) is 11.7 Å². The predicted molar refractivity (Wildman–Crippen MR) is 82.6 cm³/mol.